The van der Waals surface area contributed by atoms with Gasteiger partial charge in [-0.3, -0.25) is 4.90 Å². The standard InChI is InChI=1S/C16H26N2/c1-11-8-12(2)16(13(3)9-11)14(4)18(5)15-6-7-17-10-15/h8-9,14-15,17H,6-7,10H2,1-5H3. The number of likely N-dealkylation sites (N-methyl/N-ethyl adjacent to an activating group) is 1. The molecule has 0 saturated carbocycles. The van der Waals surface area contributed by atoms with Crippen LogP contribution in [0.4, 0.5) is 0 Å². The van der Waals surface area contributed by atoms with E-state index in [0.717, 1.165) is 13.1 Å². The van der Waals surface area contributed by atoms with Gasteiger partial charge in [0.15, 0.2) is 0 Å². The van der Waals surface area contributed by atoms with E-state index in [1.807, 2.05) is 0 Å². The van der Waals surface area contributed by atoms with E-state index in [4.69, 9.17) is 0 Å². The number of rotatable bonds is 3. The van der Waals surface area contributed by atoms with Gasteiger partial charge >= 0.3 is 0 Å². The Kier molecular flexibility index (Phi) is 4.08. The lowest BCUT2D eigenvalue weighted by atomic mass is 9.93. The summed E-state index contributed by atoms with van der Waals surface area (Å²) >= 11 is 0. The number of aryl methyl sites for hydroxylation is 3. The van der Waals surface area contributed by atoms with E-state index >= 15 is 0 Å². The van der Waals surface area contributed by atoms with Crippen LogP contribution >= 0.6 is 0 Å². The first-order valence-corrected chi connectivity index (χ1v) is 7.01. The molecule has 1 aliphatic heterocycles. The lowest BCUT2D eigenvalue weighted by Crippen LogP contribution is -2.36. The third kappa shape index (κ3) is 2.60. The summed E-state index contributed by atoms with van der Waals surface area (Å²) in [5, 5.41) is 3.46. The van der Waals surface area contributed by atoms with Gasteiger partial charge in [-0.05, 0) is 64.4 Å². The fourth-order valence-electron chi connectivity index (χ4n) is 3.36. The predicted molar refractivity (Wildman–Crippen MR) is 78.1 cm³/mol. The third-order valence-electron chi connectivity index (χ3n) is 4.38. The molecule has 0 aliphatic carbocycles. The third-order valence-corrected chi connectivity index (χ3v) is 4.38. The Morgan fingerprint density at radius 3 is 2.33 bits per heavy atom. The first-order valence-electron chi connectivity index (χ1n) is 7.01. The van der Waals surface area contributed by atoms with Gasteiger partial charge in [0.05, 0.1) is 0 Å². The second kappa shape index (κ2) is 5.41. The van der Waals surface area contributed by atoms with Crippen molar-refractivity contribution in [1.29, 1.82) is 0 Å². The minimum Gasteiger partial charge on any atom is -0.315 e. The fraction of sp³-hybridized carbons (Fsp3) is 0.625. The summed E-state index contributed by atoms with van der Waals surface area (Å²) in [5.74, 6) is 0. The highest BCUT2D eigenvalue weighted by atomic mass is 15.2. The molecule has 1 fully saturated rings. The molecule has 1 heterocycles. The molecule has 0 spiro atoms. The summed E-state index contributed by atoms with van der Waals surface area (Å²) in [6.45, 7) is 11.3. The van der Waals surface area contributed by atoms with Gasteiger partial charge < -0.3 is 5.32 Å². The monoisotopic (exact) mass is 246 g/mol. The molecule has 0 aromatic heterocycles. The summed E-state index contributed by atoms with van der Waals surface area (Å²) in [5.41, 5.74) is 5.73. The van der Waals surface area contributed by atoms with E-state index in [-0.39, 0.29) is 0 Å². The van der Waals surface area contributed by atoms with Gasteiger partial charge in [-0.2, -0.15) is 0 Å². The van der Waals surface area contributed by atoms with E-state index in [1.54, 1.807) is 0 Å². The number of nitrogens with zero attached hydrogens (tertiary/aromatic N) is 1. The first kappa shape index (κ1) is 13.6. The van der Waals surface area contributed by atoms with Crippen LogP contribution in [-0.2, 0) is 0 Å². The maximum Gasteiger partial charge on any atom is 0.0325 e. The van der Waals surface area contributed by atoms with E-state index in [2.05, 4.69) is 57.1 Å². The molecule has 1 aromatic carbocycles. The van der Waals surface area contributed by atoms with Gasteiger partial charge in [0.25, 0.3) is 0 Å². The van der Waals surface area contributed by atoms with Crippen LogP contribution in [0.2, 0.25) is 0 Å². The normalized spacial score (nSPS) is 21.6. The van der Waals surface area contributed by atoms with Crippen molar-refractivity contribution in [3.05, 3.63) is 34.4 Å². The summed E-state index contributed by atoms with van der Waals surface area (Å²) in [6, 6.07) is 5.79. The van der Waals surface area contributed by atoms with Crippen LogP contribution in [0.15, 0.2) is 12.1 Å². The Hall–Kier alpha value is -0.860. The molecule has 0 bridgehead atoms. The summed E-state index contributed by atoms with van der Waals surface area (Å²) in [4.78, 5) is 2.53. The van der Waals surface area contributed by atoms with Gasteiger partial charge in [0, 0.05) is 18.6 Å². The van der Waals surface area contributed by atoms with Gasteiger partial charge in [-0.25, -0.2) is 0 Å². The molecule has 100 valence electrons. The lowest BCUT2D eigenvalue weighted by Gasteiger charge is -2.32. The van der Waals surface area contributed by atoms with E-state index in [0.29, 0.717) is 12.1 Å². The second-order valence-electron chi connectivity index (χ2n) is 5.80. The van der Waals surface area contributed by atoms with E-state index in [9.17, 15) is 0 Å². The smallest absolute Gasteiger partial charge is 0.0325 e. The predicted octanol–water partition coefficient (Wildman–Crippen LogP) is 2.97. The Labute approximate surface area is 111 Å². The average Bonchev–Trinajstić information content (AvgIpc) is 2.79. The van der Waals surface area contributed by atoms with Gasteiger partial charge in [0.1, 0.15) is 0 Å². The van der Waals surface area contributed by atoms with Crippen molar-refractivity contribution in [2.24, 2.45) is 0 Å². The number of nitrogens with one attached hydrogen (secondary N) is 1. The van der Waals surface area contributed by atoms with Crippen molar-refractivity contribution in [1.82, 2.24) is 10.2 Å². The molecule has 2 atom stereocenters. The van der Waals surface area contributed by atoms with Crippen molar-refractivity contribution in [3.8, 4) is 0 Å². The maximum atomic E-state index is 3.46. The largest absolute Gasteiger partial charge is 0.315 e. The molecule has 2 rings (SSSR count). The molecule has 1 aromatic rings. The highest BCUT2D eigenvalue weighted by Gasteiger charge is 2.25. The van der Waals surface area contributed by atoms with Crippen molar-refractivity contribution >= 4 is 0 Å². The van der Waals surface area contributed by atoms with Crippen LogP contribution in [0.1, 0.15) is 41.6 Å². The van der Waals surface area contributed by atoms with Crippen molar-refractivity contribution in [2.45, 2.75) is 46.2 Å². The molecule has 18 heavy (non-hydrogen) atoms. The molecule has 2 nitrogen and oxygen atoms in total. The molecular formula is C16H26N2. The van der Waals surface area contributed by atoms with Crippen molar-refractivity contribution in [2.75, 3.05) is 20.1 Å². The van der Waals surface area contributed by atoms with Crippen LogP contribution < -0.4 is 5.32 Å². The van der Waals surface area contributed by atoms with Crippen LogP contribution in [0.5, 0.6) is 0 Å². The number of benzene rings is 1. The van der Waals surface area contributed by atoms with Crippen LogP contribution in [0.3, 0.4) is 0 Å². The minimum absolute atomic E-state index is 0.496. The zero-order valence-corrected chi connectivity index (χ0v) is 12.4. The average molecular weight is 246 g/mol. The summed E-state index contributed by atoms with van der Waals surface area (Å²) in [6.07, 6.45) is 1.27. The van der Waals surface area contributed by atoms with Crippen LogP contribution in [-0.4, -0.2) is 31.1 Å². The van der Waals surface area contributed by atoms with E-state index < -0.39 is 0 Å². The maximum absolute atomic E-state index is 3.46. The quantitative estimate of drug-likeness (QED) is 0.882. The fourth-order valence-corrected chi connectivity index (χ4v) is 3.36. The SMILES string of the molecule is Cc1cc(C)c(C(C)N(C)C2CCNC2)c(C)c1. The number of hydrogen-bond donors (Lipinski definition) is 1. The molecule has 1 aliphatic rings. The molecule has 2 heteroatoms. The summed E-state index contributed by atoms with van der Waals surface area (Å²) in [7, 11) is 2.26. The topological polar surface area (TPSA) is 15.3 Å². The minimum atomic E-state index is 0.496. The Balaban J connectivity index is 2.24. The highest BCUT2D eigenvalue weighted by Crippen LogP contribution is 2.29. The first-order chi connectivity index (χ1) is 8.50. The van der Waals surface area contributed by atoms with E-state index in [1.165, 1.54) is 28.7 Å². The second-order valence-corrected chi connectivity index (χ2v) is 5.80. The lowest BCUT2D eigenvalue weighted by molar-refractivity contribution is 0.196. The molecule has 0 radical (unpaired) electrons. The summed E-state index contributed by atoms with van der Waals surface area (Å²) < 4.78 is 0. The zero-order chi connectivity index (χ0) is 13.3. The molecule has 1 N–H and O–H groups in total. The van der Waals surface area contributed by atoms with Crippen molar-refractivity contribution in [3.63, 3.8) is 0 Å². The Morgan fingerprint density at radius 1 is 1.22 bits per heavy atom. The molecule has 1 saturated heterocycles. The van der Waals surface area contributed by atoms with Crippen molar-refractivity contribution < 1.29 is 0 Å². The Morgan fingerprint density at radius 2 is 1.83 bits per heavy atom. The Bertz CT molecular complexity index is 396. The van der Waals surface area contributed by atoms with Crippen LogP contribution in [0, 0.1) is 20.8 Å². The molecular weight excluding hydrogens is 220 g/mol. The van der Waals surface area contributed by atoms with Crippen LogP contribution in [0.25, 0.3) is 0 Å². The molecule has 0 amide bonds. The molecule has 2 unspecified atom stereocenters. The zero-order valence-electron chi connectivity index (χ0n) is 12.4. The highest BCUT2D eigenvalue weighted by molar-refractivity contribution is 5.39. The number of hydrogen-bond acceptors (Lipinski definition) is 2. The van der Waals surface area contributed by atoms with Gasteiger partial charge in [-0.1, -0.05) is 17.7 Å². The van der Waals surface area contributed by atoms with Gasteiger partial charge in [0.2, 0.25) is 0 Å². The van der Waals surface area contributed by atoms with Gasteiger partial charge in [-0.15, -0.1) is 0 Å².